The van der Waals surface area contributed by atoms with Gasteiger partial charge in [-0.2, -0.15) is 5.10 Å². The smallest absolute Gasteiger partial charge is 0.0666 e. The van der Waals surface area contributed by atoms with Crippen LogP contribution in [0, 0.1) is 0 Å². The molecular weight excluding hydrogens is 250 g/mol. The van der Waals surface area contributed by atoms with Crippen LogP contribution >= 0.6 is 0 Å². The fraction of sp³-hybridized carbons (Fsp3) is 0.438. The fourth-order valence-electron chi connectivity index (χ4n) is 2.38. The zero-order chi connectivity index (χ0) is 14.4. The van der Waals surface area contributed by atoms with E-state index in [1.807, 2.05) is 36.1 Å². The zero-order valence-corrected chi connectivity index (χ0v) is 12.2. The second-order valence-electron chi connectivity index (χ2n) is 5.08. The van der Waals surface area contributed by atoms with E-state index in [9.17, 15) is 5.11 Å². The Hall–Kier alpha value is -1.65. The molecule has 0 spiro atoms. The lowest BCUT2D eigenvalue weighted by Crippen LogP contribution is -2.34. The topological polar surface area (TPSA) is 50.1 Å². The molecule has 0 aliphatic heterocycles. The molecule has 1 aromatic carbocycles. The third kappa shape index (κ3) is 3.92. The molecule has 0 aliphatic carbocycles. The molecule has 0 aliphatic rings. The monoisotopic (exact) mass is 273 g/mol. The van der Waals surface area contributed by atoms with Gasteiger partial charge in [0, 0.05) is 31.4 Å². The van der Waals surface area contributed by atoms with Gasteiger partial charge in [0.25, 0.3) is 0 Å². The van der Waals surface area contributed by atoms with E-state index in [1.54, 1.807) is 0 Å². The lowest BCUT2D eigenvalue weighted by atomic mass is 10.1. The van der Waals surface area contributed by atoms with Crippen LogP contribution in [0.4, 0.5) is 0 Å². The molecule has 108 valence electrons. The highest BCUT2D eigenvalue weighted by Crippen LogP contribution is 2.08. The number of hydrogen-bond acceptors (Lipinski definition) is 3. The molecule has 2 N–H and O–H groups in total. The third-order valence-electron chi connectivity index (χ3n) is 3.45. The summed E-state index contributed by atoms with van der Waals surface area (Å²) >= 11 is 0. The maximum atomic E-state index is 9.51. The molecule has 20 heavy (non-hydrogen) atoms. The lowest BCUT2D eigenvalue weighted by molar-refractivity contribution is 0.240. The van der Waals surface area contributed by atoms with E-state index in [-0.39, 0.29) is 12.6 Å². The summed E-state index contributed by atoms with van der Waals surface area (Å²) in [6, 6.07) is 10.3. The molecule has 0 saturated heterocycles. The van der Waals surface area contributed by atoms with Crippen molar-refractivity contribution in [2.24, 2.45) is 7.05 Å². The van der Waals surface area contributed by atoms with Crippen molar-refractivity contribution in [3.05, 3.63) is 53.3 Å². The van der Waals surface area contributed by atoms with Gasteiger partial charge >= 0.3 is 0 Å². The second kappa shape index (κ2) is 7.22. The molecule has 0 bridgehead atoms. The maximum Gasteiger partial charge on any atom is 0.0666 e. The predicted octanol–water partition coefficient (Wildman–Crippen LogP) is 1.68. The van der Waals surface area contributed by atoms with E-state index in [2.05, 4.69) is 29.5 Å². The van der Waals surface area contributed by atoms with E-state index in [0.717, 1.165) is 25.1 Å². The molecule has 2 rings (SSSR count). The number of aliphatic hydroxyl groups is 1. The predicted molar refractivity (Wildman–Crippen MR) is 80.4 cm³/mol. The van der Waals surface area contributed by atoms with Gasteiger partial charge < -0.3 is 10.4 Å². The zero-order valence-electron chi connectivity index (χ0n) is 12.2. The summed E-state index contributed by atoms with van der Waals surface area (Å²) < 4.78 is 1.85. The van der Waals surface area contributed by atoms with E-state index in [4.69, 9.17) is 0 Å². The number of benzene rings is 1. The molecule has 0 radical (unpaired) electrons. The van der Waals surface area contributed by atoms with Gasteiger partial charge in [-0.15, -0.1) is 0 Å². The van der Waals surface area contributed by atoms with Crippen molar-refractivity contribution < 1.29 is 5.11 Å². The van der Waals surface area contributed by atoms with Crippen LogP contribution in [0.3, 0.4) is 0 Å². The molecule has 0 unspecified atom stereocenters. The number of aliphatic hydroxyl groups excluding tert-OH is 1. The SMILES string of the molecule is CCc1nn(C)cc1CN[C@H](CO)Cc1ccccc1. The number of nitrogens with one attached hydrogen (secondary N) is 1. The molecule has 2 aromatic rings. The van der Waals surface area contributed by atoms with E-state index in [1.165, 1.54) is 11.1 Å². The number of aryl methyl sites for hydroxylation is 2. The van der Waals surface area contributed by atoms with Crippen LogP contribution < -0.4 is 5.32 Å². The maximum absolute atomic E-state index is 9.51. The molecular formula is C16H23N3O. The minimum atomic E-state index is 0.0716. The number of nitrogens with zero attached hydrogens (tertiary/aromatic N) is 2. The van der Waals surface area contributed by atoms with Gasteiger partial charge in [-0.05, 0) is 18.4 Å². The number of rotatable bonds is 7. The minimum Gasteiger partial charge on any atom is -0.395 e. The van der Waals surface area contributed by atoms with Crippen molar-refractivity contribution in [2.75, 3.05) is 6.61 Å². The van der Waals surface area contributed by atoms with E-state index >= 15 is 0 Å². The van der Waals surface area contributed by atoms with Crippen molar-refractivity contribution in [3.63, 3.8) is 0 Å². The van der Waals surface area contributed by atoms with Crippen LogP contribution in [0.5, 0.6) is 0 Å². The lowest BCUT2D eigenvalue weighted by Gasteiger charge is -2.16. The summed E-state index contributed by atoms with van der Waals surface area (Å²) in [5.74, 6) is 0. The molecule has 1 heterocycles. The van der Waals surface area contributed by atoms with Crippen LogP contribution in [0.25, 0.3) is 0 Å². The molecule has 1 atom stereocenters. The average Bonchev–Trinajstić information content (AvgIpc) is 2.84. The first-order chi connectivity index (χ1) is 9.72. The fourth-order valence-corrected chi connectivity index (χ4v) is 2.38. The molecule has 0 saturated carbocycles. The van der Waals surface area contributed by atoms with E-state index < -0.39 is 0 Å². The number of aromatic nitrogens is 2. The first-order valence-electron chi connectivity index (χ1n) is 7.12. The third-order valence-corrected chi connectivity index (χ3v) is 3.45. The van der Waals surface area contributed by atoms with Gasteiger partial charge in [0.2, 0.25) is 0 Å². The van der Waals surface area contributed by atoms with Gasteiger partial charge in [-0.1, -0.05) is 37.3 Å². The summed E-state index contributed by atoms with van der Waals surface area (Å²) in [4.78, 5) is 0. The van der Waals surface area contributed by atoms with Crippen molar-refractivity contribution in [1.29, 1.82) is 0 Å². The molecule has 4 heteroatoms. The summed E-state index contributed by atoms with van der Waals surface area (Å²) in [5, 5.41) is 17.4. The van der Waals surface area contributed by atoms with Crippen molar-refractivity contribution in [3.8, 4) is 0 Å². The standard InChI is InChI=1S/C16H23N3O/c1-3-16-14(11-19(2)18-16)10-17-15(12-20)9-13-7-5-4-6-8-13/h4-8,11,15,17,20H,3,9-10,12H2,1-2H3/t15-/m0/s1. The van der Waals surface area contributed by atoms with Crippen molar-refractivity contribution >= 4 is 0 Å². The second-order valence-corrected chi connectivity index (χ2v) is 5.08. The summed E-state index contributed by atoms with van der Waals surface area (Å²) in [5.41, 5.74) is 3.57. The van der Waals surface area contributed by atoms with Gasteiger partial charge in [0.15, 0.2) is 0 Å². The summed E-state index contributed by atoms with van der Waals surface area (Å²) in [7, 11) is 1.94. The Balaban J connectivity index is 1.93. The van der Waals surface area contributed by atoms with Gasteiger partial charge in [-0.25, -0.2) is 0 Å². The largest absolute Gasteiger partial charge is 0.395 e. The molecule has 0 amide bonds. The van der Waals surface area contributed by atoms with Crippen molar-refractivity contribution in [2.45, 2.75) is 32.4 Å². The highest BCUT2D eigenvalue weighted by molar-refractivity contribution is 5.18. The number of hydrogen-bond donors (Lipinski definition) is 2. The van der Waals surface area contributed by atoms with Crippen LogP contribution in [-0.4, -0.2) is 27.5 Å². The Morgan fingerprint density at radius 3 is 2.70 bits per heavy atom. The highest BCUT2D eigenvalue weighted by atomic mass is 16.3. The normalized spacial score (nSPS) is 12.6. The van der Waals surface area contributed by atoms with Gasteiger partial charge in [0.1, 0.15) is 0 Å². The van der Waals surface area contributed by atoms with Gasteiger partial charge in [0.05, 0.1) is 12.3 Å². The average molecular weight is 273 g/mol. The van der Waals surface area contributed by atoms with Gasteiger partial charge in [-0.3, -0.25) is 4.68 Å². The Morgan fingerprint density at radius 1 is 1.30 bits per heavy atom. The van der Waals surface area contributed by atoms with Crippen LogP contribution in [0.15, 0.2) is 36.5 Å². The Bertz CT molecular complexity index is 522. The Morgan fingerprint density at radius 2 is 2.05 bits per heavy atom. The van der Waals surface area contributed by atoms with Crippen molar-refractivity contribution in [1.82, 2.24) is 15.1 Å². The minimum absolute atomic E-state index is 0.0716. The van der Waals surface area contributed by atoms with Crippen LogP contribution in [0.2, 0.25) is 0 Å². The van der Waals surface area contributed by atoms with E-state index in [0.29, 0.717) is 0 Å². The Labute approximate surface area is 120 Å². The molecule has 1 aromatic heterocycles. The summed E-state index contributed by atoms with van der Waals surface area (Å²) in [6.45, 7) is 2.99. The molecule has 4 nitrogen and oxygen atoms in total. The first kappa shape index (κ1) is 14.8. The highest BCUT2D eigenvalue weighted by Gasteiger charge is 2.11. The van der Waals surface area contributed by atoms with Crippen LogP contribution in [-0.2, 0) is 26.4 Å². The Kier molecular flexibility index (Phi) is 5.32. The summed E-state index contributed by atoms with van der Waals surface area (Å²) in [6.07, 6.45) is 3.81. The van der Waals surface area contributed by atoms with Crippen LogP contribution in [0.1, 0.15) is 23.7 Å². The first-order valence-corrected chi connectivity index (χ1v) is 7.12. The molecule has 0 fully saturated rings. The quantitative estimate of drug-likeness (QED) is 0.807.